The summed E-state index contributed by atoms with van der Waals surface area (Å²) in [5, 5.41) is 13.9. The second kappa shape index (κ2) is 44.4. The Morgan fingerprint density at radius 3 is 1.21 bits per heavy atom. The quantitative estimate of drug-likeness (QED) is 0.0243. The van der Waals surface area contributed by atoms with Gasteiger partial charge in [-0.05, 0) is 19.3 Å². The Labute approximate surface area is 380 Å². The lowest BCUT2D eigenvalue weighted by atomic mass is 10.0. The highest BCUT2D eigenvalue weighted by Gasteiger charge is 2.27. The fourth-order valence-electron chi connectivity index (χ4n) is 8.04. The fraction of sp³-hybridized carbons (Fsp3) is 0.942. The standard InChI is InChI=1S/C52H105N2O6P/c1-6-8-10-12-14-16-18-20-21-22-23-24-25-26-27-28-29-30-31-32-33-34-36-38-40-42-44-46-52(56)53-50(49-60-61(57,58)59-48-47-54(3,4)5)51(55)45-43-41-39-37-35-19-17-15-13-11-9-7-2/h43,45,50-51,55H,6-42,44,46-49H2,1-5H3,(H-,53,56,57,58)/p+1/b45-43+/t50-,51+/m0/s1. The third-order valence-corrected chi connectivity index (χ3v) is 13.2. The monoisotopic (exact) mass is 886 g/mol. The van der Waals surface area contributed by atoms with E-state index in [1.54, 1.807) is 6.08 Å². The Kier molecular flexibility index (Phi) is 43.9. The Hall–Kier alpha value is -0.760. The van der Waals surface area contributed by atoms with E-state index in [9.17, 15) is 19.4 Å². The number of allylic oxidation sites excluding steroid dienone is 1. The summed E-state index contributed by atoms with van der Waals surface area (Å²) < 4.78 is 23.6. The Morgan fingerprint density at radius 2 is 0.869 bits per heavy atom. The molecule has 0 bridgehead atoms. The van der Waals surface area contributed by atoms with Crippen molar-refractivity contribution >= 4 is 13.7 Å². The minimum atomic E-state index is -4.33. The molecule has 1 amide bonds. The molecule has 0 rings (SSSR count). The highest BCUT2D eigenvalue weighted by Crippen LogP contribution is 2.43. The van der Waals surface area contributed by atoms with Crippen LogP contribution in [-0.2, 0) is 18.4 Å². The van der Waals surface area contributed by atoms with Gasteiger partial charge >= 0.3 is 7.82 Å². The number of unbranched alkanes of at least 4 members (excludes halogenated alkanes) is 36. The molecule has 9 heteroatoms. The molecule has 8 nitrogen and oxygen atoms in total. The average Bonchev–Trinajstić information content (AvgIpc) is 3.21. The lowest BCUT2D eigenvalue weighted by molar-refractivity contribution is -0.870. The number of phosphoric acid groups is 1. The highest BCUT2D eigenvalue weighted by atomic mass is 31.2. The molecule has 0 fully saturated rings. The molecule has 3 N–H and O–H groups in total. The molecule has 0 saturated heterocycles. The number of likely N-dealkylation sites (N-methyl/N-ethyl adjacent to an activating group) is 1. The van der Waals surface area contributed by atoms with Gasteiger partial charge in [-0.2, -0.15) is 0 Å². The minimum Gasteiger partial charge on any atom is -0.387 e. The molecule has 364 valence electrons. The van der Waals surface area contributed by atoms with E-state index in [1.165, 1.54) is 205 Å². The van der Waals surface area contributed by atoms with E-state index in [-0.39, 0.29) is 19.1 Å². The number of amides is 1. The highest BCUT2D eigenvalue weighted by molar-refractivity contribution is 7.47. The van der Waals surface area contributed by atoms with Crippen LogP contribution in [0.2, 0.25) is 0 Å². The van der Waals surface area contributed by atoms with Crippen LogP contribution in [0.15, 0.2) is 12.2 Å². The first-order valence-electron chi connectivity index (χ1n) is 26.6. The fourth-order valence-corrected chi connectivity index (χ4v) is 8.78. The second-order valence-corrected chi connectivity index (χ2v) is 21.1. The number of hydrogen-bond donors (Lipinski definition) is 3. The first-order chi connectivity index (χ1) is 29.5. The predicted octanol–water partition coefficient (Wildman–Crippen LogP) is 15.5. The van der Waals surface area contributed by atoms with Gasteiger partial charge in [0.25, 0.3) is 0 Å². The number of carbonyl (C=O) groups excluding carboxylic acids is 1. The molecule has 0 saturated carbocycles. The number of quaternary nitrogens is 1. The summed E-state index contributed by atoms with van der Waals surface area (Å²) in [5.41, 5.74) is 0. The van der Waals surface area contributed by atoms with E-state index >= 15 is 0 Å². The summed E-state index contributed by atoms with van der Waals surface area (Å²) in [7, 11) is 1.58. The number of phosphoric ester groups is 1. The largest absolute Gasteiger partial charge is 0.472 e. The van der Waals surface area contributed by atoms with Crippen LogP contribution in [0.1, 0.15) is 264 Å². The number of nitrogens with one attached hydrogen (secondary N) is 1. The molecule has 0 aromatic rings. The number of carbonyl (C=O) groups is 1. The zero-order valence-electron chi connectivity index (χ0n) is 41.4. The van der Waals surface area contributed by atoms with E-state index in [0.29, 0.717) is 17.4 Å². The van der Waals surface area contributed by atoms with Crippen molar-refractivity contribution in [1.29, 1.82) is 0 Å². The van der Waals surface area contributed by atoms with Gasteiger partial charge < -0.3 is 19.8 Å². The summed E-state index contributed by atoms with van der Waals surface area (Å²) >= 11 is 0. The van der Waals surface area contributed by atoms with Crippen LogP contribution in [0.5, 0.6) is 0 Å². The molecule has 0 spiro atoms. The maximum absolute atomic E-state index is 12.9. The van der Waals surface area contributed by atoms with E-state index in [4.69, 9.17) is 9.05 Å². The average molecular weight is 886 g/mol. The van der Waals surface area contributed by atoms with Gasteiger partial charge in [0.05, 0.1) is 39.9 Å². The van der Waals surface area contributed by atoms with E-state index in [2.05, 4.69) is 19.2 Å². The van der Waals surface area contributed by atoms with Crippen LogP contribution in [-0.4, -0.2) is 73.4 Å². The Balaban J connectivity index is 4.07. The Morgan fingerprint density at radius 1 is 0.541 bits per heavy atom. The first kappa shape index (κ1) is 60.2. The van der Waals surface area contributed by atoms with Gasteiger partial charge in [-0.25, -0.2) is 4.57 Å². The molecule has 0 aliphatic rings. The number of hydrogen-bond acceptors (Lipinski definition) is 5. The van der Waals surface area contributed by atoms with Crippen molar-refractivity contribution in [3.8, 4) is 0 Å². The summed E-state index contributed by atoms with van der Waals surface area (Å²) in [5.74, 6) is -0.172. The zero-order chi connectivity index (χ0) is 45.0. The number of nitrogens with zero attached hydrogens (tertiary/aromatic N) is 1. The summed E-state index contributed by atoms with van der Waals surface area (Å²) in [6.45, 7) is 4.84. The van der Waals surface area contributed by atoms with E-state index in [0.717, 1.165) is 38.5 Å². The van der Waals surface area contributed by atoms with Crippen molar-refractivity contribution in [2.24, 2.45) is 0 Å². The van der Waals surface area contributed by atoms with Crippen LogP contribution >= 0.6 is 7.82 Å². The van der Waals surface area contributed by atoms with Crippen molar-refractivity contribution in [3.63, 3.8) is 0 Å². The normalized spacial score (nSPS) is 14.1. The first-order valence-corrected chi connectivity index (χ1v) is 28.1. The lowest BCUT2D eigenvalue weighted by Gasteiger charge is -2.25. The zero-order valence-corrected chi connectivity index (χ0v) is 42.3. The molecule has 1 unspecified atom stereocenters. The predicted molar refractivity (Wildman–Crippen MR) is 263 cm³/mol. The molecular weight excluding hydrogens is 780 g/mol. The molecule has 0 radical (unpaired) electrons. The van der Waals surface area contributed by atoms with Crippen molar-refractivity contribution in [2.45, 2.75) is 276 Å². The molecule has 3 atom stereocenters. The topological polar surface area (TPSA) is 105 Å². The van der Waals surface area contributed by atoms with Gasteiger partial charge in [-0.1, -0.05) is 251 Å². The van der Waals surface area contributed by atoms with E-state index in [1.807, 2.05) is 27.2 Å². The lowest BCUT2D eigenvalue weighted by Crippen LogP contribution is -2.45. The van der Waals surface area contributed by atoms with Gasteiger partial charge in [-0.3, -0.25) is 13.8 Å². The summed E-state index contributed by atoms with van der Waals surface area (Å²) in [6, 6.07) is -0.840. The number of aliphatic hydroxyl groups excluding tert-OH is 1. The van der Waals surface area contributed by atoms with Crippen molar-refractivity contribution < 1.29 is 32.9 Å². The number of aliphatic hydroxyl groups is 1. The maximum Gasteiger partial charge on any atom is 0.472 e. The Bertz CT molecular complexity index is 1000. The van der Waals surface area contributed by atoms with Crippen molar-refractivity contribution in [1.82, 2.24) is 5.32 Å². The summed E-state index contributed by atoms with van der Waals surface area (Å²) in [4.78, 5) is 23.2. The van der Waals surface area contributed by atoms with Gasteiger partial charge in [0.2, 0.25) is 5.91 Å². The van der Waals surface area contributed by atoms with Crippen LogP contribution < -0.4 is 5.32 Å². The summed E-state index contributed by atoms with van der Waals surface area (Å²) in [6.07, 6.45) is 53.1. The molecule has 61 heavy (non-hydrogen) atoms. The maximum atomic E-state index is 12.9. The van der Waals surface area contributed by atoms with Gasteiger partial charge in [-0.15, -0.1) is 0 Å². The van der Waals surface area contributed by atoms with E-state index < -0.39 is 20.0 Å². The van der Waals surface area contributed by atoms with Crippen LogP contribution in [0, 0.1) is 0 Å². The molecule has 0 heterocycles. The second-order valence-electron chi connectivity index (χ2n) is 19.6. The minimum absolute atomic E-state index is 0.0647. The van der Waals surface area contributed by atoms with Crippen LogP contribution in [0.4, 0.5) is 0 Å². The smallest absolute Gasteiger partial charge is 0.387 e. The van der Waals surface area contributed by atoms with Crippen molar-refractivity contribution in [2.75, 3.05) is 40.9 Å². The third kappa shape index (κ3) is 47.0. The van der Waals surface area contributed by atoms with Gasteiger partial charge in [0, 0.05) is 6.42 Å². The molecule has 0 aromatic carbocycles. The van der Waals surface area contributed by atoms with Gasteiger partial charge in [0.1, 0.15) is 13.2 Å². The molecular formula is C52H106N2O6P+. The SMILES string of the molecule is CCCCCCCCCCCC/C=C/[C@@H](O)[C@H](COP(=O)(O)OCC[N+](C)(C)C)NC(=O)CCCCCCCCCCCCCCCCCCCCCCCCCCCCC. The van der Waals surface area contributed by atoms with Gasteiger partial charge in [0.15, 0.2) is 0 Å². The molecule has 0 aliphatic carbocycles. The molecule has 0 aromatic heterocycles. The third-order valence-electron chi connectivity index (χ3n) is 12.3. The van der Waals surface area contributed by atoms with Crippen LogP contribution in [0.3, 0.4) is 0 Å². The van der Waals surface area contributed by atoms with Crippen molar-refractivity contribution in [3.05, 3.63) is 12.2 Å². The van der Waals surface area contributed by atoms with Crippen LogP contribution in [0.25, 0.3) is 0 Å². The molecule has 0 aliphatic heterocycles. The number of rotatable bonds is 49.